The topological polar surface area (TPSA) is 43.8 Å². The van der Waals surface area contributed by atoms with Gasteiger partial charge in [-0.2, -0.15) is 5.10 Å². The van der Waals surface area contributed by atoms with Crippen molar-refractivity contribution in [2.24, 2.45) is 12.8 Å². The second-order valence-electron chi connectivity index (χ2n) is 4.30. The van der Waals surface area contributed by atoms with E-state index in [2.05, 4.69) is 29.5 Å². The van der Waals surface area contributed by atoms with E-state index < -0.39 is 0 Å². The summed E-state index contributed by atoms with van der Waals surface area (Å²) in [6.45, 7) is 0.616. The van der Waals surface area contributed by atoms with Crippen LogP contribution in [0.1, 0.15) is 17.5 Å². The number of hydrogen-bond donors (Lipinski definition) is 1. The van der Waals surface area contributed by atoms with Crippen molar-refractivity contribution in [2.75, 3.05) is 6.54 Å². The maximum atomic E-state index is 5.62. The SMILES string of the molecule is Cn1cc2c3c(ccc2n1)CCC3=CCN. The molecule has 0 radical (unpaired) electrons. The highest BCUT2D eigenvalue weighted by atomic mass is 15.2. The maximum absolute atomic E-state index is 5.62. The molecule has 16 heavy (non-hydrogen) atoms. The molecule has 0 unspecified atom stereocenters. The van der Waals surface area contributed by atoms with Crippen LogP contribution in [0.15, 0.2) is 24.4 Å². The molecule has 0 atom stereocenters. The molecule has 0 spiro atoms. The van der Waals surface area contributed by atoms with Crippen molar-refractivity contribution >= 4 is 16.5 Å². The molecule has 1 aliphatic rings. The number of hydrogen-bond acceptors (Lipinski definition) is 2. The van der Waals surface area contributed by atoms with E-state index in [4.69, 9.17) is 5.73 Å². The second kappa shape index (κ2) is 3.46. The van der Waals surface area contributed by atoms with Gasteiger partial charge in [0.25, 0.3) is 0 Å². The lowest BCUT2D eigenvalue weighted by molar-refractivity contribution is 0.779. The van der Waals surface area contributed by atoms with Gasteiger partial charge in [0.1, 0.15) is 0 Å². The van der Waals surface area contributed by atoms with E-state index in [1.54, 1.807) is 0 Å². The van der Waals surface area contributed by atoms with Crippen molar-refractivity contribution in [1.82, 2.24) is 9.78 Å². The fourth-order valence-electron chi connectivity index (χ4n) is 2.59. The monoisotopic (exact) mass is 213 g/mol. The third-order valence-electron chi connectivity index (χ3n) is 3.24. The minimum Gasteiger partial charge on any atom is -0.327 e. The maximum Gasteiger partial charge on any atom is 0.0929 e. The van der Waals surface area contributed by atoms with Crippen molar-refractivity contribution in [3.63, 3.8) is 0 Å². The number of rotatable bonds is 1. The third-order valence-corrected chi connectivity index (χ3v) is 3.24. The Kier molecular flexibility index (Phi) is 2.07. The molecular formula is C13H15N3. The third kappa shape index (κ3) is 1.28. The van der Waals surface area contributed by atoms with Crippen molar-refractivity contribution in [1.29, 1.82) is 0 Å². The lowest BCUT2D eigenvalue weighted by Gasteiger charge is -2.02. The summed E-state index contributed by atoms with van der Waals surface area (Å²) < 4.78 is 1.88. The molecule has 3 rings (SSSR count). The molecule has 0 aliphatic heterocycles. The van der Waals surface area contributed by atoms with E-state index in [1.807, 2.05) is 11.7 Å². The highest BCUT2D eigenvalue weighted by molar-refractivity contribution is 5.94. The Morgan fingerprint density at radius 1 is 1.44 bits per heavy atom. The predicted molar refractivity (Wildman–Crippen MR) is 66.1 cm³/mol. The average Bonchev–Trinajstić information content (AvgIpc) is 2.81. The van der Waals surface area contributed by atoms with Gasteiger partial charge in [-0.25, -0.2) is 0 Å². The largest absolute Gasteiger partial charge is 0.327 e. The Morgan fingerprint density at radius 3 is 3.12 bits per heavy atom. The smallest absolute Gasteiger partial charge is 0.0929 e. The zero-order chi connectivity index (χ0) is 11.1. The van der Waals surface area contributed by atoms with Crippen molar-refractivity contribution in [2.45, 2.75) is 12.8 Å². The van der Waals surface area contributed by atoms with E-state index in [0.29, 0.717) is 6.54 Å². The van der Waals surface area contributed by atoms with Crippen LogP contribution >= 0.6 is 0 Å². The van der Waals surface area contributed by atoms with Gasteiger partial charge < -0.3 is 5.73 Å². The summed E-state index contributed by atoms with van der Waals surface area (Å²) >= 11 is 0. The molecule has 1 heterocycles. The highest BCUT2D eigenvalue weighted by Crippen LogP contribution is 2.36. The van der Waals surface area contributed by atoms with Crippen LogP contribution in [-0.4, -0.2) is 16.3 Å². The van der Waals surface area contributed by atoms with Crippen LogP contribution in [0.25, 0.3) is 16.5 Å². The van der Waals surface area contributed by atoms with Crippen molar-refractivity contribution in [3.05, 3.63) is 35.5 Å². The van der Waals surface area contributed by atoms with Gasteiger partial charge in [-0.1, -0.05) is 12.1 Å². The van der Waals surface area contributed by atoms with E-state index >= 15 is 0 Å². The molecule has 1 aliphatic carbocycles. The number of aromatic nitrogens is 2. The van der Waals surface area contributed by atoms with Crippen LogP contribution in [0, 0.1) is 0 Å². The van der Waals surface area contributed by atoms with Gasteiger partial charge in [0, 0.05) is 25.2 Å². The van der Waals surface area contributed by atoms with Gasteiger partial charge in [-0.3, -0.25) is 4.68 Å². The molecule has 2 aromatic rings. The molecule has 3 heteroatoms. The molecule has 0 saturated heterocycles. The van der Waals surface area contributed by atoms with E-state index in [1.165, 1.54) is 22.1 Å². The summed E-state index contributed by atoms with van der Waals surface area (Å²) in [7, 11) is 1.97. The summed E-state index contributed by atoms with van der Waals surface area (Å²) in [5.41, 5.74) is 10.9. The Morgan fingerprint density at radius 2 is 2.31 bits per heavy atom. The van der Waals surface area contributed by atoms with E-state index in [9.17, 15) is 0 Å². The summed E-state index contributed by atoms with van der Waals surface area (Å²) in [5, 5.41) is 5.70. The Bertz CT molecular complexity index is 578. The summed E-state index contributed by atoms with van der Waals surface area (Å²) in [4.78, 5) is 0. The van der Waals surface area contributed by atoms with Gasteiger partial charge in [0.2, 0.25) is 0 Å². The highest BCUT2D eigenvalue weighted by Gasteiger charge is 2.19. The first-order valence-corrected chi connectivity index (χ1v) is 5.64. The molecule has 2 N–H and O–H groups in total. The molecule has 82 valence electrons. The number of nitrogens with zero attached hydrogens (tertiary/aromatic N) is 2. The Hall–Kier alpha value is -1.61. The lowest BCUT2D eigenvalue weighted by atomic mass is 10.0. The Balaban J connectivity index is 2.32. The zero-order valence-corrected chi connectivity index (χ0v) is 9.40. The van der Waals surface area contributed by atoms with Crippen LogP contribution in [0.4, 0.5) is 0 Å². The molecule has 0 fully saturated rings. The van der Waals surface area contributed by atoms with Crippen LogP contribution in [0.2, 0.25) is 0 Å². The second-order valence-corrected chi connectivity index (χ2v) is 4.30. The van der Waals surface area contributed by atoms with Gasteiger partial charge in [0.05, 0.1) is 5.52 Å². The molecule has 1 aromatic heterocycles. The standard InChI is InChI=1S/C13H15N3/c1-16-8-11-12(15-16)5-4-9-2-3-10(6-7-14)13(9)11/h4-6,8H,2-3,7,14H2,1H3. The molecule has 0 saturated carbocycles. The number of nitrogens with two attached hydrogens (primary N) is 1. The summed E-state index contributed by atoms with van der Waals surface area (Å²) in [5.74, 6) is 0. The summed E-state index contributed by atoms with van der Waals surface area (Å²) in [6, 6.07) is 4.31. The van der Waals surface area contributed by atoms with Gasteiger partial charge in [-0.15, -0.1) is 0 Å². The molecular weight excluding hydrogens is 198 g/mol. The first-order chi connectivity index (χ1) is 7.79. The summed E-state index contributed by atoms with van der Waals surface area (Å²) in [6.07, 6.45) is 6.48. The first kappa shape index (κ1) is 9.60. The van der Waals surface area contributed by atoms with Crippen LogP contribution in [0.3, 0.4) is 0 Å². The normalized spacial score (nSPS) is 17.2. The fourth-order valence-corrected chi connectivity index (χ4v) is 2.59. The van der Waals surface area contributed by atoms with Crippen LogP contribution in [0.5, 0.6) is 0 Å². The number of aryl methyl sites for hydroxylation is 2. The Labute approximate surface area is 94.6 Å². The van der Waals surface area contributed by atoms with Gasteiger partial charge >= 0.3 is 0 Å². The van der Waals surface area contributed by atoms with E-state index in [0.717, 1.165) is 18.4 Å². The predicted octanol–water partition coefficient (Wildman–Crippen LogP) is 1.86. The molecule has 0 bridgehead atoms. The molecule has 0 amide bonds. The van der Waals surface area contributed by atoms with Gasteiger partial charge in [-0.05, 0) is 35.6 Å². The average molecular weight is 213 g/mol. The van der Waals surface area contributed by atoms with Crippen LogP contribution in [-0.2, 0) is 13.5 Å². The lowest BCUT2D eigenvalue weighted by Crippen LogP contribution is -1.94. The number of benzene rings is 1. The quantitative estimate of drug-likeness (QED) is 0.785. The van der Waals surface area contributed by atoms with Crippen LogP contribution < -0.4 is 5.73 Å². The molecule has 3 nitrogen and oxygen atoms in total. The van der Waals surface area contributed by atoms with Crippen molar-refractivity contribution < 1.29 is 0 Å². The molecule has 1 aromatic carbocycles. The minimum atomic E-state index is 0.616. The fraction of sp³-hybridized carbons (Fsp3) is 0.308. The minimum absolute atomic E-state index is 0.616. The zero-order valence-electron chi connectivity index (χ0n) is 9.40. The van der Waals surface area contributed by atoms with E-state index in [-0.39, 0.29) is 0 Å². The number of fused-ring (bicyclic) bond motifs is 3. The number of allylic oxidation sites excluding steroid dienone is 1. The van der Waals surface area contributed by atoms with Gasteiger partial charge in [0.15, 0.2) is 0 Å². The first-order valence-electron chi connectivity index (χ1n) is 5.64. The van der Waals surface area contributed by atoms with Crippen molar-refractivity contribution in [3.8, 4) is 0 Å².